The molecule has 0 aliphatic rings. The third-order valence-electron chi connectivity index (χ3n) is 3.25. The van der Waals surface area contributed by atoms with Gasteiger partial charge in [-0.2, -0.15) is 0 Å². The van der Waals surface area contributed by atoms with Crippen molar-refractivity contribution in [2.45, 2.75) is 39.2 Å². The Hall–Kier alpha value is -1.99. The van der Waals surface area contributed by atoms with Crippen molar-refractivity contribution in [1.29, 1.82) is 0 Å². The van der Waals surface area contributed by atoms with Crippen LogP contribution in [0.25, 0.3) is 0 Å². The lowest BCUT2D eigenvalue weighted by Gasteiger charge is -2.16. The third-order valence-corrected chi connectivity index (χ3v) is 3.25. The summed E-state index contributed by atoms with van der Waals surface area (Å²) in [5.74, 6) is 6.29. The second-order valence-electron chi connectivity index (χ2n) is 4.79. The summed E-state index contributed by atoms with van der Waals surface area (Å²) in [5.41, 5.74) is 6.66. The van der Waals surface area contributed by atoms with Crippen molar-refractivity contribution in [2.75, 3.05) is 13.7 Å². The Labute approximate surface area is 127 Å². The van der Waals surface area contributed by atoms with Crippen molar-refractivity contribution in [3.8, 4) is 17.6 Å². The Morgan fingerprint density at radius 2 is 2.19 bits per heavy atom. The van der Waals surface area contributed by atoms with Gasteiger partial charge in [0, 0.05) is 11.6 Å². The van der Waals surface area contributed by atoms with Gasteiger partial charge in [-0.1, -0.05) is 32.1 Å². The second kappa shape index (κ2) is 9.04. The number of hydrogen-bond acceptors (Lipinski definition) is 3. The predicted octanol–water partition coefficient (Wildman–Crippen LogP) is 2.31. The van der Waals surface area contributed by atoms with Crippen LogP contribution in [0, 0.1) is 11.8 Å². The third kappa shape index (κ3) is 5.13. The van der Waals surface area contributed by atoms with Crippen LogP contribution in [0.3, 0.4) is 0 Å². The highest BCUT2D eigenvalue weighted by Crippen LogP contribution is 2.19. The molecule has 0 saturated carbocycles. The smallest absolute Gasteiger partial charge is 0.251 e. The van der Waals surface area contributed by atoms with Crippen molar-refractivity contribution in [3.05, 3.63) is 29.3 Å². The summed E-state index contributed by atoms with van der Waals surface area (Å²) in [6, 6.07) is 5.47. The molecule has 0 aromatic heterocycles. The molecular formula is C17H24N2O2. The quantitative estimate of drug-likeness (QED) is 0.790. The lowest BCUT2D eigenvalue weighted by atomic mass is 10.1. The van der Waals surface area contributed by atoms with E-state index in [1.807, 2.05) is 0 Å². The zero-order valence-corrected chi connectivity index (χ0v) is 13.0. The summed E-state index contributed by atoms with van der Waals surface area (Å²) in [5, 5.41) is 3.05. The molecule has 1 rings (SSSR count). The van der Waals surface area contributed by atoms with E-state index in [4.69, 9.17) is 10.5 Å². The molecule has 0 aliphatic carbocycles. The molecule has 0 fully saturated rings. The van der Waals surface area contributed by atoms with Gasteiger partial charge < -0.3 is 15.8 Å². The Bertz CT molecular complexity index is 529. The van der Waals surface area contributed by atoms with E-state index in [1.165, 1.54) is 0 Å². The van der Waals surface area contributed by atoms with E-state index >= 15 is 0 Å². The van der Waals surface area contributed by atoms with Gasteiger partial charge in [0.05, 0.1) is 19.2 Å². The van der Waals surface area contributed by atoms with Crippen LogP contribution in [0.15, 0.2) is 18.2 Å². The lowest BCUT2D eigenvalue weighted by Crippen LogP contribution is -2.34. The molecule has 0 saturated heterocycles. The molecule has 0 aliphatic heterocycles. The number of nitrogens with one attached hydrogen (secondary N) is 1. The van der Waals surface area contributed by atoms with E-state index in [9.17, 15) is 4.79 Å². The number of benzene rings is 1. The molecule has 0 radical (unpaired) electrons. The zero-order chi connectivity index (χ0) is 15.7. The summed E-state index contributed by atoms with van der Waals surface area (Å²) < 4.78 is 5.24. The van der Waals surface area contributed by atoms with E-state index in [0.29, 0.717) is 16.9 Å². The fourth-order valence-electron chi connectivity index (χ4n) is 2.09. The van der Waals surface area contributed by atoms with Crippen LogP contribution >= 0.6 is 0 Å². The molecule has 1 unspecified atom stereocenters. The first-order valence-corrected chi connectivity index (χ1v) is 7.34. The standard InChI is InChI=1S/C17H24N2O2/c1-4-7-15(5-2)19-17(20)14-9-10-16(21-3)13(12-14)8-6-11-18/h9-10,12,15H,4-5,7,11,18H2,1-3H3,(H,19,20). The van der Waals surface area contributed by atoms with Gasteiger partial charge in [0.1, 0.15) is 5.75 Å². The molecule has 21 heavy (non-hydrogen) atoms. The molecule has 4 heteroatoms. The lowest BCUT2D eigenvalue weighted by molar-refractivity contribution is 0.0933. The van der Waals surface area contributed by atoms with Gasteiger partial charge in [-0.25, -0.2) is 0 Å². The van der Waals surface area contributed by atoms with Gasteiger partial charge in [-0.05, 0) is 31.0 Å². The summed E-state index contributed by atoms with van der Waals surface area (Å²) in [6.07, 6.45) is 2.96. The maximum absolute atomic E-state index is 12.3. The average molecular weight is 288 g/mol. The minimum Gasteiger partial charge on any atom is -0.495 e. The maximum atomic E-state index is 12.3. The predicted molar refractivity (Wildman–Crippen MR) is 85.4 cm³/mol. The van der Waals surface area contributed by atoms with E-state index in [1.54, 1.807) is 25.3 Å². The Kier molecular flexibility index (Phi) is 7.34. The van der Waals surface area contributed by atoms with E-state index in [2.05, 4.69) is 31.0 Å². The number of methoxy groups -OCH3 is 1. The van der Waals surface area contributed by atoms with E-state index in [0.717, 1.165) is 19.3 Å². The first-order valence-electron chi connectivity index (χ1n) is 7.34. The van der Waals surface area contributed by atoms with Gasteiger partial charge >= 0.3 is 0 Å². The van der Waals surface area contributed by atoms with Gasteiger partial charge in [0.15, 0.2) is 0 Å². The Morgan fingerprint density at radius 1 is 1.43 bits per heavy atom. The van der Waals surface area contributed by atoms with E-state index < -0.39 is 0 Å². The van der Waals surface area contributed by atoms with Gasteiger partial charge in [-0.15, -0.1) is 0 Å². The molecule has 114 valence electrons. The van der Waals surface area contributed by atoms with Gasteiger partial charge in [0.25, 0.3) is 5.91 Å². The molecule has 1 aromatic rings. The number of rotatable bonds is 6. The normalized spacial score (nSPS) is 11.2. The molecular weight excluding hydrogens is 264 g/mol. The highest BCUT2D eigenvalue weighted by Gasteiger charge is 2.13. The largest absolute Gasteiger partial charge is 0.495 e. The highest BCUT2D eigenvalue weighted by molar-refractivity contribution is 5.95. The zero-order valence-electron chi connectivity index (χ0n) is 13.0. The minimum atomic E-state index is -0.0752. The summed E-state index contributed by atoms with van der Waals surface area (Å²) in [4.78, 5) is 12.3. The number of nitrogens with two attached hydrogens (primary N) is 1. The molecule has 3 N–H and O–H groups in total. The number of hydrogen-bond donors (Lipinski definition) is 2. The molecule has 1 amide bonds. The fourth-order valence-corrected chi connectivity index (χ4v) is 2.09. The molecule has 0 heterocycles. The number of ether oxygens (including phenoxy) is 1. The van der Waals surface area contributed by atoms with Crippen LogP contribution in [-0.4, -0.2) is 25.6 Å². The van der Waals surface area contributed by atoms with E-state index in [-0.39, 0.29) is 18.5 Å². The Balaban J connectivity index is 2.94. The molecule has 0 spiro atoms. The molecule has 4 nitrogen and oxygen atoms in total. The van der Waals surface area contributed by atoms with Gasteiger partial charge in [0.2, 0.25) is 0 Å². The number of amides is 1. The minimum absolute atomic E-state index is 0.0752. The Morgan fingerprint density at radius 3 is 2.76 bits per heavy atom. The van der Waals surface area contributed by atoms with Crippen molar-refractivity contribution in [2.24, 2.45) is 5.73 Å². The molecule has 0 bridgehead atoms. The topological polar surface area (TPSA) is 64.3 Å². The van der Waals surface area contributed by atoms with Crippen molar-refractivity contribution in [3.63, 3.8) is 0 Å². The van der Waals surface area contributed by atoms with Crippen LogP contribution in [0.1, 0.15) is 49.0 Å². The van der Waals surface area contributed by atoms with Crippen molar-refractivity contribution in [1.82, 2.24) is 5.32 Å². The summed E-state index contributed by atoms with van der Waals surface area (Å²) >= 11 is 0. The number of carbonyl (C=O) groups is 1. The number of carbonyl (C=O) groups excluding carboxylic acids is 1. The molecule has 1 atom stereocenters. The SMILES string of the molecule is CCCC(CC)NC(=O)c1ccc(OC)c(C#CCN)c1. The first kappa shape index (κ1) is 17.1. The molecule has 1 aromatic carbocycles. The van der Waals surface area contributed by atoms with Crippen LogP contribution in [-0.2, 0) is 0 Å². The van der Waals surface area contributed by atoms with Crippen molar-refractivity contribution < 1.29 is 9.53 Å². The van der Waals surface area contributed by atoms with Crippen LogP contribution < -0.4 is 15.8 Å². The highest BCUT2D eigenvalue weighted by atomic mass is 16.5. The fraction of sp³-hybridized carbons (Fsp3) is 0.471. The summed E-state index contributed by atoms with van der Waals surface area (Å²) in [7, 11) is 1.58. The summed E-state index contributed by atoms with van der Waals surface area (Å²) in [6.45, 7) is 4.46. The van der Waals surface area contributed by atoms with Crippen molar-refractivity contribution >= 4 is 5.91 Å². The van der Waals surface area contributed by atoms with Crippen LogP contribution in [0.5, 0.6) is 5.75 Å². The first-order chi connectivity index (χ1) is 10.2. The van der Waals surface area contributed by atoms with Crippen LogP contribution in [0.4, 0.5) is 0 Å². The monoisotopic (exact) mass is 288 g/mol. The average Bonchev–Trinajstić information content (AvgIpc) is 2.51. The van der Waals surface area contributed by atoms with Crippen LogP contribution in [0.2, 0.25) is 0 Å². The van der Waals surface area contributed by atoms with Gasteiger partial charge in [-0.3, -0.25) is 4.79 Å². The second-order valence-corrected chi connectivity index (χ2v) is 4.79. The maximum Gasteiger partial charge on any atom is 0.251 e.